The summed E-state index contributed by atoms with van der Waals surface area (Å²) in [6.45, 7) is 3.34. The minimum atomic E-state index is -1.33. The van der Waals surface area contributed by atoms with Crippen molar-refractivity contribution in [1.82, 2.24) is 0 Å². The third-order valence-corrected chi connectivity index (χ3v) is 2.08. The molecule has 0 bridgehead atoms. The maximum Gasteiger partial charge on any atom is 0.342 e. The van der Waals surface area contributed by atoms with Crippen molar-refractivity contribution in [3.8, 4) is 5.75 Å². The van der Waals surface area contributed by atoms with Crippen molar-refractivity contribution >= 4 is 5.97 Å². The molecule has 0 radical (unpaired) electrons. The van der Waals surface area contributed by atoms with Gasteiger partial charge in [0.2, 0.25) is 0 Å². The maximum absolute atomic E-state index is 13.2. The fourth-order valence-corrected chi connectivity index (χ4v) is 1.32. The summed E-state index contributed by atoms with van der Waals surface area (Å²) in [5.41, 5.74) is -0.427. The lowest BCUT2D eigenvalue weighted by Gasteiger charge is -2.09. The number of hydrogen-bond donors (Lipinski definition) is 1. The standard InChI is InChI=1S/C12H15FO4/c1-2-16-7-4-8-17-10-6-3-5-9(13)11(10)12(14)15/h3,5-6H,2,4,7-8H2,1H3,(H,14,15). The summed E-state index contributed by atoms with van der Waals surface area (Å²) < 4.78 is 23.6. The van der Waals surface area contributed by atoms with Crippen molar-refractivity contribution in [3.05, 3.63) is 29.6 Å². The Morgan fingerprint density at radius 3 is 2.82 bits per heavy atom. The van der Waals surface area contributed by atoms with Crippen LogP contribution in [0, 0.1) is 5.82 Å². The molecule has 0 fully saturated rings. The van der Waals surface area contributed by atoms with Crippen LogP contribution in [0.1, 0.15) is 23.7 Å². The Bertz CT molecular complexity index is 379. The van der Waals surface area contributed by atoms with Crippen molar-refractivity contribution in [2.24, 2.45) is 0 Å². The Morgan fingerprint density at radius 1 is 1.41 bits per heavy atom. The van der Waals surface area contributed by atoms with E-state index >= 15 is 0 Å². The third kappa shape index (κ3) is 4.03. The zero-order chi connectivity index (χ0) is 12.7. The van der Waals surface area contributed by atoms with Gasteiger partial charge < -0.3 is 14.6 Å². The Kier molecular flexibility index (Phi) is 5.42. The van der Waals surface area contributed by atoms with Gasteiger partial charge in [0.25, 0.3) is 0 Å². The number of aromatic carboxylic acids is 1. The fourth-order valence-electron chi connectivity index (χ4n) is 1.32. The van der Waals surface area contributed by atoms with Crippen LogP contribution in [0.2, 0.25) is 0 Å². The number of halogens is 1. The van der Waals surface area contributed by atoms with Gasteiger partial charge in [-0.25, -0.2) is 9.18 Å². The van der Waals surface area contributed by atoms with Crippen LogP contribution in [-0.4, -0.2) is 30.9 Å². The predicted octanol–water partition coefficient (Wildman–Crippen LogP) is 2.33. The summed E-state index contributed by atoms with van der Waals surface area (Å²) in [4.78, 5) is 10.8. The third-order valence-electron chi connectivity index (χ3n) is 2.08. The molecule has 1 N–H and O–H groups in total. The van der Waals surface area contributed by atoms with E-state index in [1.54, 1.807) is 0 Å². The molecular formula is C12H15FO4. The molecule has 4 nitrogen and oxygen atoms in total. The lowest BCUT2D eigenvalue weighted by molar-refractivity contribution is 0.0686. The molecular weight excluding hydrogens is 227 g/mol. The predicted molar refractivity (Wildman–Crippen MR) is 60.0 cm³/mol. The van der Waals surface area contributed by atoms with Crippen LogP contribution < -0.4 is 4.74 Å². The van der Waals surface area contributed by atoms with Gasteiger partial charge in [0, 0.05) is 19.6 Å². The van der Waals surface area contributed by atoms with E-state index in [4.69, 9.17) is 14.6 Å². The fraction of sp³-hybridized carbons (Fsp3) is 0.417. The summed E-state index contributed by atoms with van der Waals surface area (Å²) in [5, 5.41) is 8.84. The molecule has 94 valence electrons. The molecule has 17 heavy (non-hydrogen) atoms. The number of hydrogen-bond acceptors (Lipinski definition) is 3. The Morgan fingerprint density at radius 2 is 2.18 bits per heavy atom. The lowest BCUT2D eigenvalue weighted by Crippen LogP contribution is -2.08. The number of carboxylic acid groups (broad SMARTS) is 1. The van der Waals surface area contributed by atoms with Crippen LogP contribution in [0.3, 0.4) is 0 Å². The van der Waals surface area contributed by atoms with Gasteiger partial charge in [-0.3, -0.25) is 0 Å². The summed E-state index contributed by atoms with van der Waals surface area (Å²) >= 11 is 0. The van der Waals surface area contributed by atoms with Gasteiger partial charge in [0.15, 0.2) is 0 Å². The Balaban J connectivity index is 2.58. The summed E-state index contributed by atoms with van der Waals surface area (Å²) in [7, 11) is 0. The van der Waals surface area contributed by atoms with Crippen molar-refractivity contribution in [3.63, 3.8) is 0 Å². The number of rotatable bonds is 7. The molecule has 1 aromatic carbocycles. The van der Waals surface area contributed by atoms with Gasteiger partial charge in [-0.1, -0.05) is 6.07 Å². The molecule has 0 aliphatic rings. The Hall–Kier alpha value is -1.62. The average Bonchev–Trinajstić information content (AvgIpc) is 2.28. The minimum absolute atomic E-state index is 0.0500. The summed E-state index contributed by atoms with van der Waals surface area (Å²) in [6, 6.07) is 3.95. The van der Waals surface area contributed by atoms with E-state index in [-0.39, 0.29) is 5.75 Å². The monoisotopic (exact) mass is 242 g/mol. The first-order valence-electron chi connectivity index (χ1n) is 5.39. The van der Waals surface area contributed by atoms with Gasteiger partial charge in [-0.2, -0.15) is 0 Å². The van der Waals surface area contributed by atoms with Gasteiger partial charge in [0.1, 0.15) is 17.1 Å². The lowest BCUT2D eigenvalue weighted by atomic mass is 10.2. The highest BCUT2D eigenvalue weighted by Crippen LogP contribution is 2.21. The van der Waals surface area contributed by atoms with Crippen molar-refractivity contribution in [1.29, 1.82) is 0 Å². The minimum Gasteiger partial charge on any atom is -0.492 e. The van der Waals surface area contributed by atoms with E-state index in [0.717, 1.165) is 6.07 Å². The van der Waals surface area contributed by atoms with E-state index in [1.807, 2.05) is 6.92 Å². The molecule has 5 heteroatoms. The largest absolute Gasteiger partial charge is 0.492 e. The quantitative estimate of drug-likeness (QED) is 0.745. The SMILES string of the molecule is CCOCCCOc1cccc(F)c1C(=O)O. The number of carboxylic acids is 1. The highest BCUT2D eigenvalue weighted by atomic mass is 19.1. The second-order valence-electron chi connectivity index (χ2n) is 3.32. The molecule has 0 heterocycles. The van der Waals surface area contributed by atoms with E-state index < -0.39 is 17.3 Å². The molecule has 0 aliphatic carbocycles. The highest BCUT2D eigenvalue weighted by Gasteiger charge is 2.16. The molecule has 1 rings (SSSR count). The second kappa shape index (κ2) is 6.85. The Labute approximate surface area is 99.0 Å². The van der Waals surface area contributed by atoms with Crippen molar-refractivity contribution in [2.45, 2.75) is 13.3 Å². The van der Waals surface area contributed by atoms with E-state index in [9.17, 15) is 9.18 Å². The topological polar surface area (TPSA) is 55.8 Å². The maximum atomic E-state index is 13.2. The van der Waals surface area contributed by atoms with Gasteiger partial charge >= 0.3 is 5.97 Å². The molecule has 0 atom stereocenters. The van der Waals surface area contributed by atoms with Crippen LogP contribution in [0.4, 0.5) is 4.39 Å². The average molecular weight is 242 g/mol. The highest BCUT2D eigenvalue weighted by molar-refractivity contribution is 5.91. The zero-order valence-corrected chi connectivity index (χ0v) is 9.61. The number of benzene rings is 1. The van der Waals surface area contributed by atoms with Crippen LogP contribution in [-0.2, 0) is 4.74 Å². The zero-order valence-electron chi connectivity index (χ0n) is 9.61. The second-order valence-corrected chi connectivity index (χ2v) is 3.32. The van der Waals surface area contributed by atoms with Crippen LogP contribution in [0.25, 0.3) is 0 Å². The van der Waals surface area contributed by atoms with E-state index in [1.165, 1.54) is 12.1 Å². The number of carbonyl (C=O) groups is 1. The van der Waals surface area contributed by atoms with Crippen molar-refractivity contribution in [2.75, 3.05) is 19.8 Å². The van der Waals surface area contributed by atoms with Crippen LogP contribution in [0.15, 0.2) is 18.2 Å². The van der Waals surface area contributed by atoms with Crippen LogP contribution in [0.5, 0.6) is 5.75 Å². The smallest absolute Gasteiger partial charge is 0.342 e. The first kappa shape index (κ1) is 13.4. The first-order valence-corrected chi connectivity index (χ1v) is 5.39. The molecule has 0 amide bonds. The summed E-state index contributed by atoms with van der Waals surface area (Å²) in [6.07, 6.45) is 0.628. The molecule has 0 saturated carbocycles. The molecule has 0 aliphatic heterocycles. The molecule has 1 aromatic rings. The van der Waals surface area contributed by atoms with Gasteiger partial charge in [0.05, 0.1) is 6.61 Å². The normalized spacial score (nSPS) is 10.2. The molecule has 0 unspecified atom stereocenters. The molecule has 0 spiro atoms. The van der Waals surface area contributed by atoms with E-state index in [0.29, 0.717) is 26.2 Å². The van der Waals surface area contributed by atoms with Crippen molar-refractivity contribution < 1.29 is 23.8 Å². The number of ether oxygens (including phenoxy) is 2. The molecule has 0 saturated heterocycles. The molecule has 0 aromatic heterocycles. The van der Waals surface area contributed by atoms with Crippen LogP contribution >= 0.6 is 0 Å². The first-order chi connectivity index (χ1) is 8.16. The van der Waals surface area contributed by atoms with Gasteiger partial charge in [-0.05, 0) is 19.1 Å². The summed E-state index contributed by atoms with van der Waals surface area (Å²) in [5.74, 6) is -2.07. The van der Waals surface area contributed by atoms with E-state index in [2.05, 4.69) is 0 Å². The van der Waals surface area contributed by atoms with Gasteiger partial charge in [-0.15, -0.1) is 0 Å².